The number of hydrogen-bond acceptors (Lipinski definition) is 2. The fourth-order valence-electron chi connectivity index (χ4n) is 2.34. The first kappa shape index (κ1) is 17.0. The van der Waals surface area contributed by atoms with Crippen molar-refractivity contribution in [3.8, 4) is 0 Å². The Morgan fingerprint density at radius 1 is 1.00 bits per heavy atom. The topological polar surface area (TPSA) is 49.3 Å². The summed E-state index contributed by atoms with van der Waals surface area (Å²) in [5.74, 6) is -0.106. The molecule has 3 nitrogen and oxygen atoms in total. The van der Waals surface area contributed by atoms with Crippen LogP contribution < -0.4 is 5.32 Å². The van der Waals surface area contributed by atoms with Gasteiger partial charge in [-0.05, 0) is 49.4 Å². The molecule has 0 spiro atoms. The predicted molar refractivity (Wildman–Crippen MR) is 94.4 cm³/mol. The van der Waals surface area contributed by atoms with Crippen LogP contribution in [0.3, 0.4) is 0 Å². The molecule has 3 heteroatoms. The Bertz CT molecular complexity index is 645. The summed E-state index contributed by atoms with van der Waals surface area (Å²) >= 11 is 0. The Labute approximate surface area is 137 Å². The summed E-state index contributed by atoms with van der Waals surface area (Å²) in [6, 6.07) is 17.8. The van der Waals surface area contributed by atoms with Crippen molar-refractivity contribution in [3.63, 3.8) is 0 Å². The van der Waals surface area contributed by atoms with E-state index < -0.39 is 0 Å². The number of carbonyl (C=O) groups is 1. The summed E-state index contributed by atoms with van der Waals surface area (Å²) in [5.41, 5.74) is 4.16. The van der Waals surface area contributed by atoms with E-state index in [1.54, 1.807) is 6.08 Å². The monoisotopic (exact) mass is 309 g/mol. The second-order valence-corrected chi connectivity index (χ2v) is 5.64. The molecular weight excluding hydrogens is 286 g/mol. The largest absolute Gasteiger partial charge is 0.396 e. The van der Waals surface area contributed by atoms with Gasteiger partial charge in [0.05, 0.1) is 0 Å². The highest BCUT2D eigenvalue weighted by molar-refractivity contribution is 5.99. The fraction of sp³-hybridized carbons (Fsp3) is 0.250. The van der Waals surface area contributed by atoms with Gasteiger partial charge in [0.2, 0.25) is 5.91 Å². The number of aryl methyl sites for hydroxylation is 1. The maximum absolute atomic E-state index is 12.0. The molecule has 0 aliphatic heterocycles. The van der Waals surface area contributed by atoms with Gasteiger partial charge in [-0.3, -0.25) is 4.79 Å². The zero-order valence-electron chi connectivity index (χ0n) is 13.5. The molecule has 23 heavy (non-hydrogen) atoms. The molecule has 0 saturated carbocycles. The Hall–Kier alpha value is -2.39. The van der Waals surface area contributed by atoms with Crippen molar-refractivity contribution in [2.75, 3.05) is 11.9 Å². The zero-order valence-corrected chi connectivity index (χ0v) is 13.5. The number of aliphatic hydroxyl groups excluding tert-OH is 1. The quantitative estimate of drug-likeness (QED) is 0.766. The van der Waals surface area contributed by atoms with Crippen LogP contribution in [0.2, 0.25) is 0 Å². The van der Waals surface area contributed by atoms with Crippen LogP contribution in [0.4, 0.5) is 5.69 Å². The fourth-order valence-corrected chi connectivity index (χ4v) is 2.34. The van der Waals surface area contributed by atoms with Crippen molar-refractivity contribution in [1.82, 2.24) is 0 Å². The molecule has 2 rings (SSSR count). The molecule has 2 aromatic rings. The number of benzene rings is 2. The summed E-state index contributed by atoms with van der Waals surface area (Å²) < 4.78 is 0. The number of rotatable bonds is 7. The van der Waals surface area contributed by atoms with E-state index in [1.165, 1.54) is 5.56 Å². The Morgan fingerprint density at radius 3 is 2.30 bits per heavy atom. The van der Waals surface area contributed by atoms with E-state index in [9.17, 15) is 4.79 Å². The minimum absolute atomic E-state index is 0.106. The van der Waals surface area contributed by atoms with Crippen LogP contribution in [0.25, 0.3) is 0 Å². The highest BCUT2D eigenvalue weighted by Gasteiger charge is 2.01. The summed E-state index contributed by atoms with van der Waals surface area (Å²) in [4.78, 5) is 12.0. The second-order valence-electron chi connectivity index (χ2n) is 5.64. The molecule has 0 heterocycles. The molecule has 0 aromatic heterocycles. The van der Waals surface area contributed by atoms with E-state index in [2.05, 4.69) is 17.4 Å². The van der Waals surface area contributed by atoms with E-state index in [0.717, 1.165) is 29.7 Å². The van der Waals surface area contributed by atoms with Crippen molar-refractivity contribution in [3.05, 3.63) is 77.4 Å². The molecule has 0 saturated heterocycles. The van der Waals surface area contributed by atoms with E-state index in [0.29, 0.717) is 6.42 Å². The maximum atomic E-state index is 12.0. The lowest BCUT2D eigenvalue weighted by molar-refractivity contribution is -0.112. The highest BCUT2D eigenvalue weighted by Crippen LogP contribution is 2.12. The minimum Gasteiger partial charge on any atom is -0.396 e. The first-order chi connectivity index (χ1) is 11.2. The van der Waals surface area contributed by atoms with Gasteiger partial charge < -0.3 is 10.4 Å². The standard InChI is InChI=1S/C20H23NO2/c1-16(7-8-17-5-3-2-4-6-17)15-20(23)21-19-11-9-18(10-12-19)13-14-22/h2-6,9-12,15,22H,7-8,13-14H2,1H3,(H,21,23)/b16-15-. The minimum atomic E-state index is -0.106. The van der Waals surface area contributed by atoms with Crippen molar-refractivity contribution >= 4 is 11.6 Å². The van der Waals surface area contributed by atoms with Crippen LogP contribution in [-0.2, 0) is 17.6 Å². The van der Waals surface area contributed by atoms with Crippen LogP contribution in [-0.4, -0.2) is 17.6 Å². The molecule has 0 fully saturated rings. The number of hydrogen-bond donors (Lipinski definition) is 2. The van der Waals surface area contributed by atoms with E-state index in [4.69, 9.17) is 5.11 Å². The van der Waals surface area contributed by atoms with E-state index in [1.807, 2.05) is 49.4 Å². The van der Waals surface area contributed by atoms with Crippen molar-refractivity contribution in [2.45, 2.75) is 26.2 Å². The van der Waals surface area contributed by atoms with Gasteiger partial charge in [-0.1, -0.05) is 48.0 Å². The highest BCUT2D eigenvalue weighted by atomic mass is 16.2. The predicted octanol–water partition coefficient (Wildman–Crippen LogP) is 3.74. The number of aliphatic hydroxyl groups is 1. The normalized spacial score (nSPS) is 11.3. The summed E-state index contributed by atoms with van der Waals surface area (Å²) in [5, 5.41) is 11.8. The molecule has 2 aromatic carbocycles. The third kappa shape index (κ3) is 6.09. The third-order valence-electron chi connectivity index (χ3n) is 3.65. The first-order valence-corrected chi connectivity index (χ1v) is 7.89. The Morgan fingerprint density at radius 2 is 1.65 bits per heavy atom. The number of carbonyl (C=O) groups excluding carboxylic acids is 1. The molecule has 0 aliphatic rings. The molecule has 1 amide bonds. The molecule has 0 aliphatic carbocycles. The van der Waals surface area contributed by atoms with Gasteiger partial charge in [-0.15, -0.1) is 0 Å². The lowest BCUT2D eigenvalue weighted by Gasteiger charge is -2.05. The van der Waals surface area contributed by atoms with Crippen LogP contribution in [0.1, 0.15) is 24.5 Å². The molecule has 0 atom stereocenters. The lowest BCUT2D eigenvalue weighted by atomic mass is 10.1. The average Bonchev–Trinajstić information content (AvgIpc) is 2.56. The average molecular weight is 309 g/mol. The van der Waals surface area contributed by atoms with Crippen LogP contribution in [0.5, 0.6) is 0 Å². The summed E-state index contributed by atoms with van der Waals surface area (Å²) in [7, 11) is 0. The number of anilines is 1. The molecule has 120 valence electrons. The van der Waals surface area contributed by atoms with Gasteiger partial charge in [0, 0.05) is 18.4 Å². The van der Waals surface area contributed by atoms with Crippen molar-refractivity contribution < 1.29 is 9.90 Å². The van der Waals surface area contributed by atoms with Gasteiger partial charge in [0.15, 0.2) is 0 Å². The van der Waals surface area contributed by atoms with Crippen LogP contribution in [0, 0.1) is 0 Å². The maximum Gasteiger partial charge on any atom is 0.248 e. The molecular formula is C20H23NO2. The summed E-state index contributed by atoms with van der Waals surface area (Å²) in [6.07, 6.45) is 4.09. The molecule has 2 N–H and O–H groups in total. The van der Waals surface area contributed by atoms with E-state index in [-0.39, 0.29) is 12.5 Å². The third-order valence-corrected chi connectivity index (χ3v) is 3.65. The zero-order chi connectivity index (χ0) is 16.5. The van der Waals surface area contributed by atoms with Gasteiger partial charge in [-0.25, -0.2) is 0 Å². The number of amides is 1. The van der Waals surface area contributed by atoms with Gasteiger partial charge in [0.1, 0.15) is 0 Å². The SMILES string of the molecule is C/C(=C/C(=O)Nc1ccc(CCO)cc1)CCc1ccccc1. The molecule has 0 unspecified atom stereocenters. The second kappa shape index (κ2) is 8.91. The summed E-state index contributed by atoms with van der Waals surface area (Å²) in [6.45, 7) is 2.11. The smallest absolute Gasteiger partial charge is 0.248 e. The van der Waals surface area contributed by atoms with Gasteiger partial charge in [-0.2, -0.15) is 0 Å². The first-order valence-electron chi connectivity index (χ1n) is 7.89. The Balaban J connectivity index is 1.84. The van der Waals surface area contributed by atoms with Crippen molar-refractivity contribution in [2.24, 2.45) is 0 Å². The van der Waals surface area contributed by atoms with Crippen LogP contribution in [0.15, 0.2) is 66.2 Å². The van der Waals surface area contributed by atoms with Gasteiger partial charge >= 0.3 is 0 Å². The number of nitrogens with one attached hydrogen (secondary N) is 1. The lowest BCUT2D eigenvalue weighted by Crippen LogP contribution is -2.09. The number of allylic oxidation sites excluding steroid dienone is 1. The van der Waals surface area contributed by atoms with E-state index >= 15 is 0 Å². The van der Waals surface area contributed by atoms with Crippen molar-refractivity contribution in [1.29, 1.82) is 0 Å². The Kier molecular flexibility index (Phi) is 6.57. The van der Waals surface area contributed by atoms with Gasteiger partial charge in [0.25, 0.3) is 0 Å². The molecule has 0 radical (unpaired) electrons. The van der Waals surface area contributed by atoms with Crippen LogP contribution >= 0.6 is 0 Å². The molecule has 0 bridgehead atoms.